The van der Waals surface area contributed by atoms with Crippen LogP contribution in [-0.4, -0.2) is 29.5 Å². The molecule has 0 saturated carbocycles. The number of benzene rings is 1. The van der Waals surface area contributed by atoms with Gasteiger partial charge in [0.05, 0.1) is 6.61 Å². The van der Waals surface area contributed by atoms with Gasteiger partial charge in [0.1, 0.15) is 0 Å². The third-order valence-corrected chi connectivity index (χ3v) is 4.15. The summed E-state index contributed by atoms with van der Waals surface area (Å²) >= 11 is 7.64. The van der Waals surface area contributed by atoms with Crippen LogP contribution in [0.1, 0.15) is 26.7 Å². The lowest BCUT2D eigenvalue weighted by Crippen LogP contribution is -2.46. The predicted molar refractivity (Wildman–Crippen MR) is 80.6 cm³/mol. The molecule has 2 nitrogen and oxygen atoms in total. The second-order valence-electron chi connectivity index (χ2n) is 4.70. The average Bonchev–Trinajstić information content (AvgIpc) is 2.39. The maximum atomic E-state index is 9.46. The molecule has 0 bridgehead atoms. The third-order valence-electron chi connectivity index (χ3n) is 2.89. The fraction of sp³-hybridized carbons (Fsp3) is 0.571. The van der Waals surface area contributed by atoms with Gasteiger partial charge in [-0.3, -0.25) is 0 Å². The molecule has 0 heterocycles. The number of thioether (sulfide) groups is 1. The van der Waals surface area contributed by atoms with Gasteiger partial charge in [0.15, 0.2) is 0 Å². The van der Waals surface area contributed by atoms with Crippen molar-refractivity contribution in [1.82, 2.24) is 5.32 Å². The van der Waals surface area contributed by atoms with Crippen LogP contribution in [0.5, 0.6) is 0 Å². The van der Waals surface area contributed by atoms with Gasteiger partial charge in [-0.2, -0.15) is 0 Å². The van der Waals surface area contributed by atoms with Crippen LogP contribution in [0.3, 0.4) is 0 Å². The van der Waals surface area contributed by atoms with E-state index in [0.717, 1.165) is 30.2 Å². The second kappa shape index (κ2) is 8.05. The lowest BCUT2D eigenvalue weighted by atomic mass is 10.0. The number of nitrogens with one attached hydrogen (secondary N) is 1. The molecular weight excluding hydrogens is 266 g/mol. The maximum absolute atomic E-state index is 9.46. The highest BCUT2D eigenvalue weighted by molar-refractivity contribution is 7.99. The second-order valence-corrected chi connectivity index (χ2v) is 6.30. The first kappa shape index (κ1) is 15.8. The summed E-state index contributed by atoms with van der Waals surface area (Å²) in [6, 6.07) is 7.88. The Kier molecular flexibility index (Phi) is 7.08. The Morgan fingerprint density at radius 2 is 2.00 bits per heavy atom. The van der Waals surface area contributed by atoms with Crippen LogP contribution in [0.2, 0.25) is 5.02 Å². The van der Waals surface area contributed by atoms with Crippen molar-refractivity contribution in [3.63, 3.8) is 0 Å². The van der Waals surface area contributed by atoms with Crippen molar-refractivity contribution in [2.24, 2.45) is 0 Å². The molecule has 0 aromatic heterocycles. The first-order chi connectivity index (χ1) is 8.59. The Morgan fingerprint density at radius 1 is 1.33 bits per heavy atom. The number of halogens is 1. The smallest absolute Gasteiger partial charge is 0.0610 e. The summed E-state index contributed by atoms with van der Waals surface area (Å²) in [6.07, 6.45) is 2.02. The minimum Gasteiger partial charge on any atom is -0.394 e. The van der Waals surface area contributed by atoms with Gasteiger partial charge < -0.3 is 10.4 Å². The molecule has 1 aromatic rings. The molecule has 0 spiro atoms. The van der Waals surface area contributed by atoms with Gasteiger partial charge in [0.2, 0.25) is 0 Å². The monoisotopic (exact) mass is 287 g/mol. The van der Waals surface area contributed by atoms with E-state index in [1.807, 2.05) is 24.3 Å². The Labute approximate surface area is 119 Å². The molecule has 1 atom stereocenters. The number of rotatable bonds is 8. The highest BCUT2D eigenvalue weighted by Crippen LogP contribution is 2.23. The molecule has 4 heteroatoms. The minimum absolute atomic E-state index is 0.171. The summed E-state index contributed by atoms with van der Waals surface area (Å²) in [4.78, 5) is 1.22. The van der Waals surface area contributed by atoms with Gasteiger partial charge in [0, 0.05) is 15.5 Å². The molecule has 0 saturated heterocycles. The summed E-state index contributed by atoms with van der Waals surface area (Å²) in [7, 11) is 0. The molecule has 102 valence electrons. The lowest BCUT2D eigenvalue weighted by molar-refractivity contribution is 0.171. The average molecular weight is 288 g/mol. The Morgan fingerprint density at radius 3 is 2.56 bits per heavy atom. The van der Waals surface area contributed by atoms with Crippen molar-refractivity contribution in [3.05, 3.63) is 29.3 Å². The van der Waals surface area contributed by atoms with E-state index >= 15 is 0 Å². The van der Waals surface area contributed by atoms with Crippen LogP contribution in [0.4, 0.5) is 0 Å². The van der Waals surface area contributed by atoms with E-state index in [1.54, 1.807) is 11.8 Å². The molecule has 2 N–H and O–H groups in total. The third kappa shape index (κ3) is 5.61. The van der Waals surface area contributed by atoms with Crippen molar-refractivity contribution < 1.29 is 5.11 Å². The van der Waals surface area contributed by atoms with E-state index in [2.05, 4.69) is 19.2 Å². The first-order valence-electron chi connectivity index (χ1n) is 6.34. The van der Waals surface area contributed by atoms with E-state index in [-0.39, 0.29) is 12.1 Å². The maximum Gasteiger partial charge on any atom is 0.0610 e. The standard InChI is InChI=1S/C14H22ClNOS/c1-3-9-16-14(2,11-17)8-10-18-13-6-4-12(15)5-7-13/h4-7,16-17H,3,8-11H2,1-2H3. The molecule has 18 heavy (non-hydrogen) atoms. The molecule has 0 aliphatic carbocycles. The molecule has 0 fully saturated rings. The van der Waals surface area contributed by atoms with E-state index in [0.29, 0.717) is 0 Å². The van der Waals surface area contributed by atoms with Gasteiger partial charge >= 0.3 is 0 Å². The SMILES string of the molecule is CCCNC(C)(CO)CCSc1ccc(Cl)cc1. The summed E-state index contributed by atoms with van der Waals surface area (Å²) in [5.74, 6) is 0.982. The molecule has 0 radical (unpaired) electrons. The van der Waals surface area contributed by atoms with Crippen molar-refractivity contribution in [2.45, 2.75) is 37.1 Å². The van der Waals surface area contributed by atoms with Crippen molar-refractivity contribution in [1.29, 1.82) is 0 Å². The number of aliphatic hydroxyl groups is 1. The molecule has 0 aliphatic rings. The largest absolute Gasteiger partial charge is 0.394 e. The van der Waals surface area contributed by atoms with Crippen LogP contribution in [0.15, 0.2) is 29.2 Å². The Hall–Kier alpha value is -0.220. The highest BCUT2D eigenvalue weighted by Gasteiger charge is 2.21. The van der Waals surface area contributed by atoms with Crippen molar-refractivity contribution >= 4 is 23.4 Å². The Bertz CT molecular complexity index is 344. The van der Waals surface area contributed by atoms with Gasteiger partial charge in [-0.15, -0.1) is 11.8 Å². The van der Waals surface area contributed by atoms with E-state index in [4.69, 9.17) is 11.6 Å². The lowest BCUT2D eigenvalue weighted by Gasteiger charge is -2.28. The number of aliphatic hydroxyl groups excluding tert-OH is 1. The summed E-state index contributed by atoms with van der Waals surface area (Å²) < 4.78 is 0. The van der Waals surface area contributed by atoms with Crippen molar-refractivity contribution in [3.8, 4) is 0 Å². The molecule has 1 rings (SSSR count). The molecule has 0 aliphatic heterocycles. The van der Waals surface area contributed by atoms with E-state index < -0.39 is 0 Å². The van der Waals surface area contributed by atoms with Crippen LogP contribution >= 0.6 is 23.4 Å². The van der Waals surface area contributed by atoms with E-state index in [1.165, 1.54) is 4.90 Å². The highest BCUT2D eigenvalue weighted by atomic mass is 35.5. The Balaban J connectivity index is 2.36. The van der Waals surface area contributed by atoms with Gasteiger partial charge in [0.25, 0.3) is 0 Å². The topological polar surface area (TPSA) is 32.3 Å². The molecule has 1 unspecified atom stereocenters. The quantitative estimate of drug-likeness (QED) is 0.717. The fourth-order valence-electron chi connectivity index (χ4n) is 1.58. The molecule has 1 aromatic carbocycles. The molecular formula is C14H22ClNOS. The van der Waals surface area contributed by atoms with Gasteiger partial charge in [-0.25, -0.2) is 0 Å². The zero-order valence-corrected chi connectivity index (χ0v) is 12.7. The minimum atomic E-state index is -0.171. The predicted octanol–water partition coefficient (Wildman–Crippen LogP) is 3.57. The number of hydrogen-bond acceptors (Lipinski definition) is 3. The summed E-state index contributed by atoms with van der Waals surface area (Å²) in [5, 5.41) is 13.6. The molecule has 0 amide bonds. The van der Waals surface area contributed by atoms with Crippen LogP contribution < -0.4 is 5.32 Å². The first-order valence-corrected chi connectivity index (χ1v) is 7.70. The number of hydrogen-bond donors (Lipinski definition) is 2. The normalized spacial score (nSPS) is 14.4. The van der Waals surface area contributed by atoms with Crippen LogP contribution in [0.25, 0.3) is 0 Å². The van der Waals surface area contributed by atoms with E-state index in [9.17, 15) is 5.11 Å². The van der Waals surface area contributed by atoms with Crippen molar-refractivity contribution in [2.75, 3.05) is 18.9 Å². The zero-order valence-electron chi connectivity index (χ0n) is 11.1. The van der Waals surface area contributed by atoms with Gasteiger partial charge in [-0.05, 0) is 56.3 Å². The summed E-state index contributed by atoms with van der Waals surface area (Å²) in [5.41, 5.74) is -0.171. The zero-order chi connectivity index (χ0) is 13.4. The fourth-order valence-corrected chi connectivity index (χ4v) is 2.82. The van der Waals surface area contributed by atoms with Gasteiger partial charge in [-0.1, -0.05) is 18.5 Å². The van der Waals surface area contributed by atoms with Crippen LogP contribution in [0, 0.1) is 0 Å². The van der Waals surface area contributed by atoms with Crippen LogP contribution in [-0.2, 0) is 0 Å². The summed E-state index contributed by atoms with van der Waals surface area (Å²) in [6.45, 7) is 5.33.